The van der Waals surface area contributed by atoms with Gasteiger partial charge in [-0.1, -0.05) is 38.1 Å². The van der Waals surface area contributed by atoms with Crippen molar-refractivity contribution in [1.29, 1.82) is 0 Å². The Hall–Kier alpha value is -3.09. The van der Waals surface area contributed by atoms with Crippen molar-refractivity contribution in [2.75, 3.05) is 16.3 Å². The number of rotatable bonds is 2. The van der Waals surface area contributed by atoms with Crippen molar-refractivity contribution < 1.29 is 22.8 Å². The van der Waals surface area contributed by atoms with Crippen molar-refractivity contribution in [3.8, 4) is 0 Å². The van der Waals surface area contributed by atoms with E-state index in [1.807, 2.05) is 20.8 Å². The average molecular weight is 435 g/mol. The maximum absolute atomic E-state index is 13.2. The normalized spacial score (nSPS) is 15.7. The van der Waals surface area contributed by atoms with Gasteiger partial charge >= 0.3 is 6.18 Å². The number of anilines is 3. The van der Waals surface area contributed by atoms with Crippen LogP contribution in [-0.2, 0) is 15.8 Å². The molecule has 0 radical (unpaired) electrons. The van der Waals surface area contributed by atoms with E-state index in [2.05, 4.69) is 6.58 Å². The minimum absolute atomic E-state index is 0.0515. The SMILES string of the molecule is C=CC.CC.CCN1C(=O)C(C)C(=O)N(c2ccccc2)c2cc(C(F)(F)F)ccc21. The first-order chi connectivity index (χ1) is 14.7. The Morgan fingerprint density at radius 2 is 1.55 bits per heavy atom. The molecule has 168 valence electrons. The fourth-order valence-corrected chi connectivity index (χ4v) is 3.05. The Morgan fingerprint density at radius 3 is 2.03 bits per heavy atom. The number of nitrogens with zero attached hydrogens (tertiary/aromatic N) is 2. The number of halogens is 3. The van der Waals surface area contributed by atoms with Crippen molar-refractivity contribution >= 4 is 28.9 Å². The molecule has 1 atom stereocenters. The predicted octanol–water partition coefficient (Wildman–Crippen LogP) is 6.59. The molecule has 0 saturated heterocycles. The van der Waals surface area contributed by atoms with Crippen LogP contribution in [0.15, 0.2) is 61.2 Å². The number of hydrogen-bond donors (Lipinski definition) is 0. The van der Waals surface area contributed by atoms with Gasteiger partial charge in [0.05, 0.1) is 16.9 Å². The Bertz CT molecular complexity index is 895. The standard InChI is InChI=1S/C19H17F3N2O2.C3H6.C2H6/c1-3-23-15-10-9-13(19(20,21)22)11-16(15)24(14-7-5-4-6-8-14)18(26)12(2)17(23)25;1-3-2;1-2/h4-12H,3H2,1-2H3;3H,1H2,2H3;1-2H3. The summed E-state index contributed by atoms with van der Waals surface area (Å²) in [5, 5.41) is 0. The van der Waals surface area contributed by atoms with Crippen molar-refractivity contribution in [2.24, 2.45) is 5.92 Å². The van der Waals surface area contributed by atoms with E-state index >= 15 is 0 Å². The molecule has 2 aromatic carbocycles. The molecule has 0 saturated carbocycles. The number of benzene rings is 2. The summed E-state index contributed by atoms with van der Waals surface area (Å²) in [5.41, 5.74) is -0.124. The molecule has 0 bridgehead atoms. The minimum Gasteiger partial charge on any atom is -0.310 e. The summed E-state index contributed by atoms with van der Waals surface area (Å²) < 4.78 is 39.7. The zero-order chi connectivity index (χ0) is 23.8. The van der Waals surface area contributed by atoms with E-state index in [0.717, 1.165) is 12.1 Å². The van der Waals surface area contributed by atoms with Gasteiger partial charge in [0.1, 0.15) is 5.92 Å². The summed E-state index contributed by atoms with van der Waals surface area (Å²) in [5.74, 6) is -1.99. The van der Waals surface area contributed by atoms with Gasteiger partial charge < -0.3 is 4.90 Å². The highest BCUT2D eigenvalue weighted by Gasteiger charge is 2.39. The zero-order valence-corrected chi connectivity index (χ0v) is 18.5. The van der Waals surface area contributed by atoms with Gasteiger partial charge in [-0.2, -0.15) is 13.2 Å². The number of hydrogen-bond acceptors (Lipinski definition) is 2. The van der Waals surface area contributed by atoms with E-state index in [0.29, 0.717) is 5.69 Å². The predicted molar refractivity (Wildman–Crippen MR) is 119 cm³/mol. The molecule has 7 heteroatoms. The van der Waals surface area contributed by atoms with E-state index in [1.165, 1.54) is 22.8 Å². The van der Waals surface area contributed by atoms with Crippen molar-refractivity contribution in [3.05, 3.63) is 66.7 Å². The van der Waals surface area contributed by atoms with Gasteiger partial charge in [-0.3, -0.25) is 14.5 Å². The van der Waals surface area contributed by atoms with Crippen LogP contribution in [0.2, 0.25) is 0 Å². The van der Waals surface area contributed by atoms with E-state index in [1.54, 1.807) is 43.3 Å². The van der Waals surface area contributed by atoms with E-state index in [-0.39, 0.29) is 17.9 Å². The van der Waals surface area contributed by atoms with Gasteiger partial charge in [0.2, 0.25) is 11.8 Å². The quantitative estimate of drug-likeness (QED) is 0.395. The first kappa shape index (κ1) is 25.9. The molecular formula is C24H29F3N2O2. The molecule has 0 fully saturated rings. The van der Waals surface area contributed by atoms with Gasteiger partial charge in [-0.25, -0.2) is 0 Å². The highest BCUT2D eigenvalue weighted by Crippen LogP contribution is 2.42. The van der Waals surface area contributed by atoms with Crippen LogP contribution in [0, 0.1) is 5.92 Å². The lowest BCUT2D eigenvalue weighted by molar-refractivity contribution is -0.137. The second-order valence-electron chi connectivity index (χ2n) is 6.42. The van der Waals surface area contributed by atoms with Gasteiger partial charge in [-0.05, 0) is 51.1 Å². The van der Waals surface area contributed by atoms with Crippen LogP contribution < -0.4 is 9.80 Å². The molecule has 1 aliphatic heterocycles. The Morgan fingerprint density at radius 1 is 1.00 bits per heavy atom. The molecule has 1 unspecified atom stereocenters. The third-order valence-electron chi connectivity index (χ3n) is 4.39. The summed E-state index contributed by atoms with van der Waals surface area (Å²) in [6, 6.07) is 11.5. The fourth-order valence-electron chi connectivity index (χ4n) is 3.05. The molecular weight excluding hydrogens is 405 g/mol. The van der Waals surface area contributed by atoms with Crippen LogP contribution >= 0.6 is 0 Å². The molecule has 1 aliphatic rings. The Balaban J connectivity index is 0.000000884. The number of amides is 2. The monoisotopic (exact) mass is 434 g/mol. The van der Waals surface area contributed by atoms with E-state index in [4.69, 9.17) is 0 Å². The van der Waals surface area contributed by atoms with Gasteiger partial charge in [0.15, 0.2) is 0 Å². The Labute approximate surface area is 182 Å². The highest BCUT2D eigenvalue weighted by atomic mass is 19.4. The molecule has 0 aromatic heterocycles. The molecule has 0 spiro atoms. The largest absolute Gasteiger partial charge is 0.416 e. The van der Waals surface area contributed by atoms with E-state index < -0.39 is 29.5 Å². The third-order valence-corrected chi connectivity index (χ3v) is 4.39. The molecule has 3 rings (SSSR count). The summed E-state index contributed by atoms with van der Waals surface area (Å²) in [4.78, 5) is 28.1. The molecule has 2 amide bonds. The molecule has 2 aromatic rings. The maximum Gasteiger partial charge on any atom is 0.416 e. The van der Waals surface area contributed by atoms with Crippen LogP contribution in [0.4, 0.5) is 30.2 Å². The number of carbonyl (C=O) groups is 2. The molecule has 1 heterocycles. The third kappa shape index (κ3) is 5.75. The number of allylic oxidation sites excluding steroid dienone is 1. The topological polar surface area (TPSA) is 40.6 Å². The summed E-state index contributed by atoms with van der Waals surface area (Å²) in [7, 11) is 0. The van der Waals surface area contributed by atoms with Crippen LogP contribution in [0.5, 0.6) is 0 Å². The number of fused-ring (bicyclic) bond motifs is 1. The van der Waals surface area contributed by atoms with E-state index in [9.17, 15) is 22.8 Å². The van der Waals surface area contributed by atoms with Crippen LogP contribution in [-0.4, -0.2) is 18.4 Å². The number of para-hydroxylation sites is 1. The zero-order valence-electron chi connectivity index (χ0n) is 18.5. The molecule has 31 heavy (non-hydrogen) atoms. The average Bonchev–Trinajstić information content (AvgIpc) is 2.83. The molecule has 0 N–H and O–H groups in total. The van der Waals surface area contributed by atoms with Crippen molar-refractivity contribution in [2.45, 2.75) is 40.8 Å². The second-order valence-corrected chi connectivity index (χ2v) is 6.42. The number of alkyl halides is 3. The smallest absolute Gasteiger partial charge is 0.310 e. The number of carbonyl (C=O) groups excluding carboxylic acids is 2. The van der Waals surface area contributed by atoms with Crippen molar-refractivity contribution in [1.82, 2.24) is 0 Å². The fraction of sp³-hybridized carbons (Fsp3) is 0.333. The Kier molecular flexibility index (Phi) is 9.49. The second kappa shape index (κ2) is 11.3. The summed E-state index contributed by atoms with van der Waals surface area (Å²) >= 11 is 0. The van der Waals surface area contributed by atoms with Gasteiger partial charge in [0.25, 0.3) is 0 Å². The van der Waals surface area contributed by atoms with Crippen LogP contribution in [0.3, 0.4) is 0 Å². The summed E-state index contributed by atoms with van der Waals surface area (Å²) in [6.45, 7) is 12.7. The summed E-state index contributed by atoms with van der Waals surface area (Å²) in [6.07, 6.45) is -2.81. The van der Waals surface area contributed by atoms with Crippen molar-refractivity contribution in [3.63, 3.8) is 0 Å². The molecule has 4 nitrogen and oxygen atoms in total. The lowest BCUT2D eigenvalue weighted by Crippen LogP contribution is -2.39. The highest BCUT2D eigenvalue weighted by molar-refractivity contribution is 6.19. The minimum atomic E-state index is -4.56. The van der Waals surface area contributed by atoms with Gasteiger partial charge in [0, 0.05) is 12.2 Å². The van der Waals surface area contributed by atoms with Gasteiger partial charge in [-0.15, -0.1) is 6.58 Å². The first-order valence-corrected chi connectivity index (χ1v) is 10.2. The lowest BCUT2D eigenvalue weighted by Gasteiger charge is -2.26. The van der Waals surface area contributed by atoms with Crippen LogP contribution in [0.25, 0.3) is 0 Å². The maximum atomic E-state index is 13.2. The molecule has 0 aliphatic carbocycles. The lowest BCUT2D eigenvalue weighted by atomic mass is 10.1. The first-order valence-electron chi connectivity index (χ1n) is 10.2. The van der Waals surface area contributed by atoms with Crippen LogP contribution in [0.1, 0.15) is 40.2 Å².